The third kappa shape index (κ3) is 14.3. The molecule has 0 unspecified atom stereocenters. The number of carbonyl (C=O) groups is 9. The molecule has 0 spiro atoms. The average molecular weight is 715 g/mol. The summed E-state index contributed by atoms with van der Waals surface area (Å²) in [5.74, 6) is -11.3. The van der Waals surface area contributed by atoms with Crippen molar-refractivity contribution >= 4 is 53.3 Å². The summed E-state index contributed by atoms with van der Waals surface area (Å²) in [6, 6.07) is -9.36. The van der Waals surface area contributed by atoms with E-state index in [4.69, 9.17) is 5.73 Å². The minimum Gasteiger partial charge on any atom is -0.481 e. The Morgan fingerprint density at radius 1 is 0.680 bits per heavy atom. The molecule has 7 amide bonds. The van der Waals surface area contributed by atoms with Crippen LogP contribution in [0, 0.1) is 11.8 Å². The zero-order chi connectivity index (χ0) is 38.1. The minimum absolute atomic E-state index is 0.0724. The number of rotatable bonds is 12. The van der Waals surface area contributed by atoms with Crippen molar-refractivity contribution in [2.75, 3.05) is 19.7 Å². The summed E-state index contributed by atoms with van der Waals surface area (Å²) in [6.45, 7) is 5.10. The summed E-state index contributed by atoms with van der Waals surface area (Å²) in [5, 5.41) is 45.0. The summed E-state index contributed by atoms with van der Waals surface area (Å²) < 4.78 is 0. The van der Waals surface area contributed by atoms with E-state index in [9.17, 15) is 58.5 Å². The third-order valence-corrected chi connectivity index (χ3v) is 7.90. The van der Waals surface area contributed by atoms with Crippen molar-refractivity contribution in [1.82, 2.24) is 37.2 Å². The van der Waals surface area contributed by atoms with Crippen molar-refractivity contribution in [1.29, 1.82) is 0 Å². The lowest BCUT2D eigenvalue weighted by atomic mass is 9.96. The Labute approximate surface area is 288 Å². The Morgan fingerprint density at radius 2 is 1.16 bits per heavy atom. The van der Waals surface area contributed by atoms with Gasteiger partial charge in [-0.15, -0.1) is 0 Å². The first-order valence-electron chi connectivity index (χ1n) is 16.3. The van der Waals surface area contributed by atoms with Gasteiger partial charge in [0.25, 0.3) is 0 Å². The zero-order valence-corrected chi connectivity index (χ0v) is 28.6. The van der Waals surface area contributed by atoms with Crippen molar-refractivity contribution < 1.29 is 58.5 Å². The normalized spacial score (nSPS) is 25.8. The average Bonchev–Trinajstić information content (AvgIpc) is 3.04. The molecule has 0 aromatic rings. The van der Waals surface area contributed by atoms with Crippen LogP contribution < -0.4 is 43.0 Å². The van der Waals surface area contributed by atoms with E-state index in [0.717, 1.165) is 0 Å². The maximum Gasteiger partial charge on any atom is 0.305 e. The lowest BCUT2D eigenvalue weighted by molar-refractivity contribution is -0.144. The number of carbonyl (C=O) groups excluding carboxylic acids is 7. The number of aliphatic hydroxyl groups is 1. The van der Waals surface area contributed by atoms with Crippen LogP contribution in [0.25, 0.3) is 0 Å². The molecule has 0 aromatic heterocycles. The first kappa shape index (κ1) is 43.2. The molecule has 0 aromatic carbocycles. The van der Waals surface area contributed by atoms with E-state index in [1.807, 2.05) is 0 Å². The Kier molecular flexibility index (Phi) is 18.4. The van der Waals surface area contributed by atoms with E-state index in [1.165, 1.54) is 0 Å². The van der Waals surface area contributed by atoms with Crippen molar-refractivity contribution in [3.05, 3.63) is 0 Å². The number of hydrogen-bond acceptors (Lipinski definition) is 11. The number of nitrogens with two attached hydrogens (primary N) is 1. The molecule has 20 heteroatoms. The number of amides is 7. The van der Waals surface area contributed by atoms with Crippen LogP contribution in [0.2, 0.25) is 0 Å². The van der Waals surface area contributed by atoms with Gasteiger partial charge in [0.15, 0.2) is 0 Å². The highest BCUT2D eigenvalue weighted by Gasteiger charge is 2.36. The standard InChI is InChI=1S/C30H50N8O12/c1-5-15(4)24-30(50)35-18(11-22(43)44)28(48)34-17(10-21(41)42)27(47)33-16(8-6-7-9-31)26(46)36-19(13-39)25(45)32-12-20(40)37-23(14(2)3)29(49)38-24/h14-19,23-24,39H,5-13,31H2,1-4H3,(H,32,45)(H,33,47)(H,34,48)(H,35,50)(H,36,46)(H,37,40)(H,38,49)(H,41,42)(H,43,44)/t15-,16-,17-,18-,19-,23-,24-/m0/s1. The largest absolute Gasteiger partial charge is 0.481 e. The molecule has 0 saturated carbocycles. The topological polar surface area (TPSA) is 325 Å². The molecular weight excluding hydrogens is 664 g/mol. The second kappa shape index (κ2) is 21.3. The van der Waals surface area contributed by atoms with Crippen molar-refractivity contribution in [2.45, 2.75) is 102 Å². The maximum atomic E-state index is 13.5. The summed E-state index contributed by atoms with van der Waals surface area (Å²) >= 11 is 0. The molecule has 1 heterocycles. The van der Waals surface area contributed by atoms with Crippen LogP contribution in [0.15, 0.2) is 0 Å². The van der Waals surface area contributed by atoms with Gasteiger partial charge in [-0.1, -0.05) is 34.1 Å². The Bertz CT molecular complexity index is 1260. The van der Waals surface area contributed by atoms with Crippen LogP contribution >= 0.6 is 0 Å². The Morgan fingerprint density at radius 3 is 1.64 bits per heavy atom. The fraction of sp³-hybridized carbons (Fsp3) is 0.700. The van der Waals surface area contributed by atoms with Gasteiger partial charge in [-0.05, 0) is 37.6 Å². The van der Waals surface area contributed by atoms with Gasteiger partial charge in [0.1, 0.15) is 36.3 Å². The first-order valence-corrected chi connectivity index (χ1v) is 16.3. The van der Waals surface area contributed by atoms with Crippen LogP contribution in [-0.4, -0.2) is 125 Å². The molecule has 0 aliphatic carbocycles. The Hall–Kier alpha value is -4.85. The van der Waals surface area contributed by atoms with Gasteiger partial charge >= 0.3 is 11.9 Å². The molecule has 0 bridgehead atoms. The van der Waals surface area contributed by atoms with Crippen LogP contribution in [0.1, 0.15) is 66.2 Å². The summed E-state index contributed by atoms with van der Waals surface area (Å²) in [5.41, 5.74) is 5.53. The molecule has 1 rings (SSSR count). The molecule has 0 radical (unpaired) electrons. The van der Waals surface area contributed by atoms with E-state index in [1.54, 1.807) is 27.7 Å². The van der Waals surface area contributed by atoms with E-state index < -0.39 is 127 Å². The molecule has 282 valence electrons. The van der Waals surface area contributed by atoms with Crippen molar-refractivity contribution in [3.8, 4) is 0 Å². The van der Waals surface area contributed by atoms with E-state index >= 15 is 0 Å². The number of unbranched alkanes of at least 4 members (excludes halogenated alkanes) is 1. The lowest BCUT2D eigenvalue weighted by Crippen LogP contribution is -2.61. The molecule has 50 heavy (non-hydrogen) atoms. The van der Waals surface area contributed by atoms with Gasteiger partial charge in [0, 0.05) is 0 Å². The highest BCUT2D eigenvalue weighted by Crippen LogP contribution is 2.12. The van der Waals surface area contributed by atoms with Gasteiger partial charge in [-0.2, -0.15) is 0 Å². The molecule has 7 atom stereocenters. The molecule has 1 saturated heterocycles. The second-order valence-electron chi connectivity index (χ2n) is 12.3. The summed E-state index contributed by atoms with van der Waals surface area (Å²) in [6.07, 6.45) is -1.10. The van der Waals surface area contributed by atoms with Crippen LogP contribution in [0.5, 0.6) is 0 Å². The number of nitrogens with one attached hydrogen (secondary N) is 7. The SMILES string of the molecule is CC[C@H](C)[C@@H]1NC(=O)[C@H](C(C)C)NC(=O)CNC(=O)[C@H](CO)NC(=O)[C@H](CCCCN)NC(=O)[C@H](CC(=O)O)NC(=O)[C@H](CC(=O)O)NC1=O. The number of aliphatic carboxylic acids is 2. The highest BCUT2D eigenvalue weighted by atomic mass is 16.4. The highest BCUT2D eigenvalue weighted by molar-refractivity contribution is 5.99. The maximum absolute atomic E-state index is 13.5. The molecule has 1 aliphatic rings. The van der Waals surface area contributed by atoms with Crippen molar-refractivity contribution in [3.63, 3.8) is 0 Å². The van der Waals surface area contributed by atoms with Crippen LogP contribution in [0.3, 0.4) is 0 Å². The molecular formula is C30H50N8O12. The van der Waals surface area contributed by atoms with Gasteiger partial charge in [0.2, 0.25) is 41.4 Å². The second-order valence-corrected chi connectivity index (χ2v) is 12.3. The minimum atomic E-state index is -1.88. The van der Waals surface area contributed by atoms with Gasteiger partial charge in [-0.25, -0.2) is 0 Å². The van der Waals surface area contributed by atoms with Gasteiger partial charge in [0.05, 0.1) is 26.0 Å². The fourth-order valence-electron chi connectivity index (χ4n) is 4.80. The summed E-state index contributed by atoms with van der Waals surface area (Å²) in [7, 11) is 0. The third-order valence-electron chi connectivity index (χ3n) is 7.90. The fourth-order valence-corrected chi connectivity index (χ4v) is 4.80. The number of hydrogen-bond donors (Lipinski definition) is 11. The number of carboxylic acid groups (broad SMARTS) is 2. The predicted molar refractivity (Wildman–Crippen MR) is 173 cm³/mol. The quantitative estimate of drug-likeness (QED) is 0.0856. The monoisotopic (exact) mass is 714 g/mol. The van der Waals surface area contributed by atoms with E-state index in [-0.39, 0.29) is 19.4 Å². The first-order chi connectivity index (χ1) is 23.4. The molecule has 12 N–H and O–H groups in total. The van der Waals surface area contributed by atoms with Gasteiger partial charge in [-0.3, -0.25) is 43.2 Å². The van der Waals surface area contributed by atoms with E-state index in [0.29, 0.717) is 12.8 Å². The molecule has 1 fully saturated rings. The predicted octanol–water partition coefficient (Wildman–Crippen LogP) is -4.20. The van der Waals surface area contributed by atoms with Crippen LogP contribution in [-0.2, 0) is 43.2 Å². The van der Waals surface area contributed by atoms with Crippen LogP contribution in [0.4, 0.5) is 0 Å². The zero-order valence-electron chi connectivity index (χ0n) is 28.6. The summed E-state index contributed by atoms with van der Waals surface area (Å²) in [4.78, 5) is 116. The Balaban J connectivity index is 3.70. The molecule has 20 nitrogen and oxygen atoms in total. The number of aliphatic hydroxyl groups excluding tert-OH is 1. The van der Waals surface area contributed by atoms with E-state index in [2.05, 4.69) is 37.2 Å². The van der Waals surface area contributed by atoms with Gasteiger partial charge < -0.3 is 58.3 Å². The number of carboxylic acids is 2. The molecule has 1 aliphatic heterocycles. The lowest BCUT2D eigenvalue weighted by Gasteiger charge is -2.29. The smallest absolute Gasteiger partial charge is 0.305 e. The van der Waals surface area contributed by atoms with Crippen molar-refractivity contribution in [2.24, 2.45) is 17.6 Å².